The van der Waals surface area contributed by atoms with Gasteiger partial charge >= 0.3 is 0 Å². The Morgan fingerprint density at radius 1 is 0.846 bits per heavy atom. The highest BCUT2D eigenvalue weighted by Gasteiger charge is 2.16. The molecule has 4 aromatic rings. The van der Waals surface area contributed by atoms with Crippen molar-refractivity contribution in [3.63, 3.8) is 0 Å². The monoisotopic (exact) mass is 342 g/mol. The summed E-state index contributed by atoms with van der Waals surface area (Å²) in [6.45, 7) is 4.07. The number of nitrogens with zero attached hydrogens (tertiary/aromatic N) is 4. The third-order valence-electron chi connectivity index (χ3n) is 4.22. The predicted octanol–water partition coefficient (Wildman–Crippen LogP) is 5.74. The van der Waals surface area contributed by atoms with E-state index in [1.165, 1.54) is 11.1 Å². The number of hydrogen-bond donors (Lipinski definition) is 1. The minimum Gasteiger partial charge on any atom is -0.504 e. The minimum absolute atomic E-state index is 0.109. The third-order valence-corrected chi connectivity index (χ3v) is 4.22. The summed E-state index contributed by atoms with van der Waals surface area (Å²) < 4.78 is 1.75. The number of rotatable bonds is 3. The van der Waals surface area contributed by atoms with E-state index in [-0.39, 0.29) is 5.75 Å². The molecule has 0 unspecified atom stereocenters. The Hall–Kier alpha value is -3.47. The van der Waals surface area contributed by atoms with E-state index < -0.39 is 0 Å². The van der Waals surface area contributed by atoms with E-state index in [0.29, 0.717) is 17.2 Å². The summed E-state index contributed by atoms with van der Waals surface area (Å²) in [5.74, 6) is 0.693. The molecular weight excluding hydrogens is 324 g/mol. The molecule has 1 N–H and O–H groups in total. The van der Waals surface area contributed by atoms with Crippen LogP contribution in [-0.4, -0.2) is 14.5 Å². The van der Waals surface area contributed by atoms with Crippen LogP contribution in [0.2, 0.25) is 0 Å². The lowest BCUT2D eigenvalue weighted by molar-refractivity contribution is 0.477. The van der Waals surface area contributed by atoms with Crippen molar-refractivity contribution in [2.24, 2.45) is 10.2 Å². The van der Waals surface area contributed by atoms with E-state index in [2.05, 4.69) is 15.2 Å². The van der Waals surface area contributed by atoms with Crippen LogP contribution in [0.5, 0.6) is 5.75 Å². The maximum atomic E-state index is 10.2. The lowest BCUT2D eigenvalue weighted by Crippen LogP contribution is -1.83. The summed E-state index contributed by atoms with van der Waals surface area (Å²) in [7, 11) is 0. The molecule has 0 aliphatic carbocycles. The van der Waals surface area contributed by atoms with Gasteiger partial charge in [0.15, 0.2) is 17.2 Å². The Morgan fingerprint density at radius 2 is 1.50 bits per heavy atom. The Balaban J connectivity index is 1.88. The molecule has 5 nitrogen and oxygen atoms in total. The van der Waals surface area contributed by atoms with Crippen LogP contribution < -0.4 is 0 Å². The maximum absolute atomic E-state index is 10.2. The number of aromatic nitrogens is 2. The number of aryl methyl sites for hydroxylation is 2. The molecule has 0 aliphatic rings. The van der Waals surface area contributed by atoms with Gasteiger partial charge in [0.05, 0.1) is 5.69 Å². The number of pyridine rings is 1. The Kier molecular flexibility index (Phi) is 3.97. The van der Waals surface area contributed by atoms with E-state index in [1.54, 1.807) is 16.5 Å². The minimum atomic E-state index is 0.109. The van der Waals surface area contributed by atoms with Crippen LogP contribution in [0.3, 0.4) is 0 Å². The summed E-state index contributed by atoms with van der Waals surface area (Å²) in [4.78, 5) is 4.60. The second-order valence-corrected chi connectivity index (χ2v) is 6.27. The first kappa shape index (κ1) is 16.0. The summed E-state index contributed by atoms with van der Waals surface area (Å²) >= 11 is 0. The zero-order valence-corrected chi connectivity index (χ0v) is 14.6. The van der Waals surface area contributed by atoms with Gasteiger partial charge in [-0.25, -0.2) is 4.98 Å². The molecule has 0 fully saturated rings. The zero-order chi connectivity index (χ0) is 18.1. The highest BCUT2D eigenvalue weighted by Crippen LogP contribution is 2.34. The average Bonchev–Trinajstić information content (AvgIpc) is 3.02. The molecule has 26 heavy (non-hydrogen) atoms. The topological polar surface area (TPSA) is 62.2 Å². The van der Waals surface area contributed by atoms with Crippen LogP contribution in [0.1, 0.15) is 11.1 Å². The van der Waals surface area contributed by atoms with Gasteiger partial charge in [0.2, 0.25) is 0 Å². The lowest BCUT2D eigenvalue weighted by Gasteiger charge is -2.01. The van der Waals surface area contributed by atoms with E-state index >= 15 is 0 Å². The van der Waals surface area contributed by atoms with Crippen molar-refractivity contribution in [2.45, 2.75) is 13.8 Å². The molecule has 0 amide bonds. The number of benzene rings is 2. The molecule has 0 radical (unpaired) electrons. The van der Waals surface area contributed by atoms with Crippen LogP contribution in [0, 0.1) is 13.8 Å². The Labute approximate surface area is 151 Å². The molecule has 0 aliphatic heterocycles. The molecule has 5 heteroatoms. The van der Waals surface area contributed by atoms with Gasteiger partial charge < -0.3 is 5.11 Å². The summed E-state index contributed by atoms with van der Waals surface area (Å²) in [5, 5.41) is 19.0. The van der Waals surface area contributed by atoms with E-state index in [4.69, 9.17) is 0 Å². The van der Waals surface area contributed by atoms with Crippen LogP contribution in [0.15, 0.2) is 77.1 Å². The third kappa shape index (κ3) is 2.95. The number of hydrogen-bond acceptors (Lipinski definition) is 4. The van der Waals surface area contributed by atoms with E-state index in [1.807, 2.05) is 68.6 Å². The van der Waals surface area contributed by atoms with Gasteiger partial charge in [-0.1, -0.05) is 47.5 Å². The zero-order valence-electron chi connectivity index (χ0n) is 14.6. The molecule has 0 atom stereocenters. The number of fused-ring (bicyclic) bond motifs is 1. The first-order chi connectivity index (χ1) is 12.6. The second-order valence-electron chi connectivity index (χ2n) is 6.27. The number of azo groups is 1. The van der Waals surface area contributed by atoms with Crippen molar-refractivity contribution in [1.82, 2.24) is 9.38 Å². The van der Waals surface area contributed by atoms with Gasteiger partial charge in [-0.3, -0.25) is 4.40 Å². The molecule has 2 aromatic carbocycles. The van der Waals surface area contributed by atoms with Crippen molar-refractivity contribution in [1.29, 1.82) is 0 Å². The molecular formula is C21H18N4O. The van der Waals surface area contributed by atoms with Crippen LogP contribution in [-0.2, 0) is 0 Å². The summed E-state index contributed by atoms with van der Waals surface area (Å²) in [6, 6.07) is 19.3. The van der Waals surface area contributed by atoms with Crippen LogP contribution >= 0.6 is 0 Å². The van der Waals surface area contributed by atoms with Crippen molar-refractivity contribution in [3.8, 4) is 17.0 Å². The average molecular weight is 342 g/mol. The molecule has 128 valence electrons. The first-order valence-corrected chi connectivity index (χ1v) is 8.37. The van der Waals surface area contributed by atoms with Crippen molar-refractivity contribution in [3.05, 3.63) is 78.0 Å². The van der Waals surface area contributed by atoms with E-state index in [9.17, 15) is 5.11 Å². The van der Waals surface area contributed by atoms with Gasteiger partial charge in [0.1, 0.15) is 5.69 Å². The molecule has 0 spiro atoms. The fraction of sp³-hybridized carbons (Fsp3) is 0.0952. The van der Waals surface area contributed by atoms with Crippen LogP contribution in [0.4, 0.5) is 11.5 Å². The molecule has 2 aromatic heterocycles. The van der Waals surface area contributed by atoms with Crippen molar-refractivity contribution >= 4 is 17.2 Å². The first-order valence-electron chi connectivity index (χ1n) is 8.37. The van der Waals surface area contributed by atoms with Crippen molar-refractivity contribution in [2.75, 3.05) is 0 Å². The predicted molar refractivity (Wildman–Crippen MR) is 102 cm³/mol. The molecule has 2 heterocycles. The van der Waals surface area contributed by atoms with Gasteiger partial charge in [-0.05, 0) is 38.1 Å². The van der Waals surface area contributed by atoms with E-state index in [0.717, 1.165) is 11.3 Å². The van der Waals surface area contributed by atoms with Gasteiger partial charge in [-0.15, -0.1) is 10.2 Å². The van der Waals surface area contributed by atoms with Gasteiger partial charge in [0.25, 0.3) is 0 Å². The molecule has 0 saturated heterocycles. The summed E-state index contributed by atoms with van der Waals surface area (Å²) in [6.07, 6.45) is 1.82. The Morgan fingerprint density at radius 3 is 2.19 bits per heavy atom. The standard InChI is InChI=1S/C21H18N4O/c1-14-5-9-16(10-6-14)19-21(24-23-17-11-7-15(2)8-12-17)25-13-3-4-18(26)20(25)22-19/h3-13,26H,1-2H3. The fourth-order valence-corrected chi connectivity index (χ4v) is 2.76. The lowest BCUT2D eigenvalue weighted by atomic mass is 10.1. The normalized spacial score (nSPS) is 11.5. The number of imidazole rings is 1. The van der Waals surface area contributed by atoms with Gasteiger partial charge in [-0.2, -0.15) is 0 Å². The molecule has 0 bridgehead atoms. The highest BCUT2D eigenvalue weighted by molar-refractivity contribution is 5.76. The highest BCUT2D eigenvalue weighted by atomic mass is 16.3. The molecule has 4 rings (SSSR count). The second kappa shape index (κ2) is 6.44. The largest absolute Gasteiger partial charge is 0.504 e. The SMILES string of the molecule is Cc1ccc(N=Nc2c(-c3ccc(C)cc3)nc3c(O)cccn23)cc1. The Bertz CT molecular complexity index is 1090. The summed E-state index contributed by atoms with van der Waals surface area (Å²) in [5.41, 5.74) is 5.17. The number of aromatic hydroxyl groups is 1. The smallest absolute Gasteiger partial charge is 0.187 e. The quantitative estimate of drug-likeness (QED) is 0.483. The van der Waals surface area contributed by atoms with Crippen LogP contribution in [0.25, 0.3) is 16.9 Å². The van der Waals surface area contributed by atoms with Gasteiger partial charge in [0, 0.05) is 11.8 Å². The maximum Gasteiger partial charge on any atom is 0.187 e. The molecule has 0 saturated carbocycles. The fourth-order valence-electron chi connectivity index (χ4n) is 2.76. The van der Waals surface area contributed by atoms with Crippen molar-refractivity contribution < 1.29 is 5.11 Å².